The standard InChI is InChI=1S/C8H7NO3S.C2H6/c10-6-9-5-7-3-1-2-4-8(7)13(9,11)12;1-2/h1-4,6H,5H2;1-2H3. The lowest BCUT2D eigenvalue weighted by Gasteiger charge is -2.05. The molecule has 82 valence electrons. The van der Waals surface area contributed by atoms with Crippen LogP contribution in [0.5, 0.6) is 0 Å². The van der Waals surface area contributed by atoms with Gasteiger partial charge in [-0.1, -0.05) is 32.0 Å². The van der Waals surface area contributed by atoms with Gasteiger partial charge in [-0.3, -0.25) is 4.79 Å². The largest absolute Gasteiger partial charge is 0.278 e. The second-order valence-electron chi connectivity index (χ2n) is 2.76. The van der Waals surface area contributed by atoms with Crippen molar-refractivity contribution < 1.29 is 13.2 Å². The number of hydrogen-bond acceptors (Lipinski definition) is 3. The van der Waals surface area contributed by atoms with Crippen LogP contribution in [-0.2, 0) is 21.4 Å². The molecular weight excluding hydrogens is 214 g/mol. The molecule has 1 amide bonds. The van der Waals surface area contributed by atoms with E-state index >= 15 is 0 Å². The molecule has 0 aromatic heterocycles. The van der Waals surface area contributed by atoms with Gasteiger partial charge in [-0.05, 0) is 11.6 Å². The highest BCUT2D eigenvalue weighted by Gasteiger charge is 2.32. The van der Waals surface area contributed by atoms with Gasteiger partial charge in [-0.15, -0.1) is 0 Å². The Bertz CT molecular complexity index is 453. The third-order valence-electron chi connectivity index (χ3n) is 2.00. The number of amides is 1. The number of benzene rings is 1. The number of hydrogen-bond donors (Lipinski definition) is 0. The van der Waals surface area contributed by atoms with E-state index in [0.29, 0.717) is 12.0 Å². The molecule has 5 heteroatoms. The summed E-state index contributed by atoms with van der Waals surface area (Å²) in [5, 5.41) is 0. The number of fused-ring (bicyclic) bond motifs is 1. The molecule has 15 heavy (non-hydrogen) atoms. The maximum atomic E-state index is 11.5. The van der Waals surface area contributed by atoms with Gasteiger partial charge in [0.15, 0.2) is 0 Å². The van der Waals surface area contributed by atoms with Crippen molar-refractivity contribution in [1.82, 2.24) is 4.31 Å². The van der Waals surface area contributed by atoms with Crippen LogP contribution in [0.3, 0.4) is 0 Å². The van der Waals surface area contributed by atoms with Crippen LogP contribution in [0.25, 0.3) is 0 Å². The molecular formula is C10H13NO3S. The molecule has 0 unspecified atom stereocenters. The number of carbonyl (C=O) groups excluding carboxylic acids is 1. The van der Waals surface area contributed by atoms with Crippen molar-refractivity contribution in [3.63, 3.8) is 0 Å². The fourth-order valence-electron chi connectivity index (χ4n) is 1.36. The monoisotopic (exact) mass is 227 g/mol. The summed E-state index contributed by atoms with van der Waals surface area (Å²) in [7, 11) is -3.53. The Morgan fingerprint density at radius 1 is 1.27 bits per heavy atom. The lowest BCUT2D eigenvalue weighted by molar-refractivity contribution is -0.114. The van der Waals surface area contributed by atoms with Crippen molar-refractivity contribution in [3.8, 4) is 0 Å². The summed E-state index contributed by atoms with van der Waals surface area (Å²) in [5.41, 5.74) is 0.676. The molecule has 0 aliphatic carbocycles. The van der Waals surface area contributed by atoms with Crippen LogP contribution >= 0.6 is 0 Å². The normalized spacial score (nSPS) is 16.3. The van der Waals surface area contributed by atoms with E-state index in [4.69, 9.17) is 0 Å². The van der Waals surface area contributed by atoms with E-state index in [1.807, 2.05) is 13.8 Å². The van der Waals surface area contributed by atoms with Gasteiger partial charge in [0, 0.05) is 0 Å². The minimum absolute atomic E-state index is 0.155. The molecule has 1 aromatic carbocycles. The van der Waals surface area contributed by atoms with Crippen LogP contribution in [0.1, 0.15) is 19.4 Å². The van der Waals surface area contributed by atoms with E-state index in [-0.39, 0.29) is 11.4 Å². The van der Waals surface area contributed by atoms with Crippen molar-refractivity contribution in [2.45, 2.75) is 25.3 Å². The van der Waals surface area contributed by atoms with Gasteiger partial charge in [0.25, 0.3) is 10.0 Å². The van der Waals surface area contributed by atoms with Crippen molar-refractivity contribution in [2.24, 2.45) is 0 Å². The summed E-state index contributed by atoms with van der Waals surface area (Å²) in [5.74, 6) is 0. The highest BCUT2D eigenvalue weighted by Crippen LogP contribution is 2.28. The van der Waals surface area contributed by atoms with Crippen LogP contribution < -0.4 is 0 Å². The SMILES string of the molecule is CC.O=CN1Cc2ccccc2S1(=O)=O. The summed E-state index contributed by atoms with van der Waals surface area (Å²) >= 11 is 0. The van der Waals surface area contributed by atoms with Crippen molar-refractivity contribution in [1.29, 1.82) is 0 Å². The summed E-state index contributed by atoms with van der Waals surface area (Å²) < 4.78 is 23.8. The van der Waals surface area contributed by atoms with E-state index in [1.54, 1.807) is 18.2 Å². The lowest BCUT2D eigenvalue weighted by atomic mass is 10.2. The lowest BCUT2D eigenvalue weighted by Crippen LogP contribution is -2.22. The molecule has 1 heterocycles. The predicted octanol–water partition coefficient (Wildman–Crippen LogP) is 1.37. The maximum absolute atomic E-state index is 11.5. The van der Waals surface area contributed by atoms with Gasteiger partial charge >= 0.3 is 0 Å². The van der Waals surface area contributed by atoms with Gasteiger partial charge in [0.2, 0.25) is 6.41 Å². The molecule has 0 N–H and O–H groups in total. The summed E-state index contributed by atoms with van der Waals surface area (Å²) in [6.07, 6.45) is 0.343. The second kappa shape index (κ2) is 4.44. The number of nitrogens with zero attached hydrogens (tertiary/aromatic N) is 1. The van der Waals surface area contributed by atoms with E-state index < -0.39 is 10.0 Å². The highest BCUT2D eigenvalue weighted by molar-refractivity contribution is 7.89. The first-order valence-electron chi connectivity index (χ1n) is 4.71. The molecule has 4 nitrogen and oxygen atoms in total. The minimum Gasteiger partial charge on any atom is -0.278 e. The topological polar surface area (TPSA) is 54.5 Å². The maximum Gasteiger partial charge on any atom is 0.266 e. The summed E-state index contributed by atoms with van der Waals surface area (Å²) in [6, 6.07) is 6.61. The van der Waals surface area contributed by atoms with Gasteiger partial charge in [0.05, 0.1) is 11.4 Å². The van der Waals surface area contributed by atoms with Crippen molar-refractivity contribution >= 4 is 16.4 Å². The van der Waals surface area contributed by atoms with Gasteiger partial charge < -0.3 is 0 Å². The van der Waals surface area contributed by atoms with E-state index in [0.717, 1.165) is 4.31 Å². The molecule has 2 rings (SSSR count). The zero-order valence-corrected chi connectivity index (χ0v) is 9.49. The van der Waals surface area contributed by atoms with Crippen LogP contribution in [0, 0.1) is 0 Å². The third kappa shape index (κ3) is 1.87. The first-order valence-corrected chi connectivity index (χ1v) is 6.15. The first kappa shape index (κ1) is 11.7. The zero-order valence-electron chi connectivity index (χ0n) is 8.67. The Labute approximate surface area is 89.6 Å². The quantitative estimate of drug-likeness (QED) is 0.681. The molecule has 0 bridgehead atoms. The van der Waals surface area contributed by atoms with Gasteiger partial charge in [-0.25, -0.2) is 12.7 Å². The minimum atomic E-state index is -3.53. The fraction of sp³-hybridized carbons (Fsp3) is 0.300. The molecule has 0 saturated carbocycles. The second-order valence-corrected chi connectivity index (χ2v) is 4.62. The number of sulfonamides is 1. The number of rotatable bonds is 1. The molecule has 0 atom stereocenters. The molecule has 0 radical (unpaired) electrons. The van der Waals surface area contributed by atoms with Crippen LogP contribution in [-0.4, -0.2) is 19.1 Å². The Kier molecular flexibility index (Phi) is 3.47. The number of carbonyl (C=O) groups is 1. The van der Waals surface area contributed by atoms with Crippen LogP contribution in [0.15, 0.2) is 29.2 Å². The summed E-state index contributed by atoms with van der Waals surface area (Å²) in [6.45, 7) is 4.15. The van der Waals surface area contributed by atoms with Gasteiger partial charge in [-0.2, -0.15) is 0 Å². The summed E-state index contributed by atoms with van der Waals surface area (Å²) in [4.78, 5) is 10.7. The molecule has 1 aliphatic heterocycles. The van der Waals surface area contributed by atoms with E-state index in [1.165, 1.54) is 6.07 Å². The molecule has 1 aliphatic rings. The van der Waals surface area contributed by atoms with Crippen LogP contribution in [0.2, 0.25) is 0 Å². The Morgan fingerprint density at radius 2 is 1.87 bits per heavy atom. The predicted molar refractivity (Wildman–Crippen MR) is 56.6 cm³/mol. The van der Waals surface area contributed by atoms with Crippen molar-refractivity contribution in [2.75, 3.05) is 0 Å². The third-order valence-corrected chi connectivity index (χ3v) is 3.79. The molecule has 0 spiro atoms. The van der Waals surface area contributed by atoms with Crippen molar-refractivity contribution in [3.05, 3.63) is 29.8 Å². The fourth-order valence-corrected chi connectivity index (χ4v) is 2.75. The molecule has 0 saturated heterocycles. The highest BCUT2D eigenvalue weighted by atomic mass is 32.2. The Balaban J connectivity index is 0.000000531. The molecule has 1 aromatic rings. The Hall–Kier alpha value is -1.36. The average molecular weight is 227 g/mol. The first-order chi connectivity index (χ1) is 7.16. The van der Waals surface area contributed by atoms with Gasteiger partial charge in [0.1, 0.15) is 0 Å². The molecule has 0 fully saturated rings. The van der Waals surface area contributed by atoms with Crippen LogP contribution in [0.4, 0.5) is 0 Å². The Morgan fingerprint density at radius 3 is 2.40 bits per heavy atom. The smallest absolute Gasteiger partial charge is 0.266 e. The average Bonchev–Trinajstić information content (AvgIpc) is 2.54. The van der Waals surface area contributed by atoms with E-state index in [2.05, 4.69) is 0 Å². The van der Waals surface area contributed by atoms with E-state index in [9.17, 15) is 13.2 Å². The zero-order chi connectivity index (χ0) is 11.5.